The predicted octanol–water partition coefficient (Wildman–Crippen LogP) is 2.81. The number of halogens is 1. The quantitative estimate of drug-likeness (QED) is 0.369. The third-order valence-corrected chi connectivity index (χ3v) is 2.15. The molecule has 0 saturated carbocycles. The molecule has 0 heterocycles. The lowest BCUT2D eigenvalue weighted by atomic mass is 9.88. The molecule has 0 aliphatic heterocycles. The Morgan fingerprint density at radius 1 is 1.50 bits per heavy atom. The van der Waals surface area contributed by atoms with Gasteiger partial charge in [-0.25, -0.2) is 0 Å². The lowest BCUT2D eigenvalue weighted by molar-refractivity contribution is 0.317. The largest absolute Gasteiger partial charge is 0.313 e. The Labute approximate surface area is 81.2 Å². The summed E-state index contributed by atoms with van der Waals surface area (Å²) < 4.78 is 0. The smallest absolute Gasteiger partial charge is 0.0223 e. The van der Waals surface area contributed by atoms with Crippen molar-refractivity contribution >= 4 is 11.6 Å². The van der Waals surface area contributed by atoms with Gasteiger partial charge in [-0.3, -0.25) is 0 Å². The van der Waals surface area contributed by atoms with Crippen molar-refractivity contribution < 1.29 is 0 Å². The van der Waals surface area contributed by atoms with Gasteiger partial charge in [0.25, 0.3) is 0 Å². The number of nitrogens with one attached hydrogen (secondary N) is 1. The van der Waals surface area contributed by atoms with E-state index >= 15 is 0 Å². The van der Waals surface area contributed by atoms with Gasteiger partial charge in [0.1, 0.15) is 0 Å². The van der Waals surface area contributed by atoms with Crippen LogP contribution in [0.2, 0.25) is 0 Å². The summed E-state index contributed by atoms with van der Waals surface area (Å²) in [5.41, 5.74) is 0.359. The molecule has 0 radical (unpaired) electrons. The molecule has 0 aliphatic carbocycles. The molecule has 0 atom stereocenters. The molecule has 0 fully saturated rings. The summed E-state index contributed by atoms with van der Waals surface area (Å²) in [6, 6.07) is 0. The number of hydrogen-bond acceptors (Lipinski definition) is 1. The van der Waals surface area contributed by atoms with Crippen molar-refractivity contribution in [1.29, 1.82) is 0 Å². The minimum absolute atomic E-state index is 0.359. The molecule has 0 aromatic carbocycles. The van der Waals surface area contributed by atoms with Crippen molar-refractivity contribution in [3.63, 3.8) is 0 Å². The van der Waals surface area contributed by atoms with Gasteiger partial charge in [0.05, 0.1) is 0 Å². The van der Waals surface area contributed by atoms with Crippen LogP contribution < -0.4 is 5.32 Å². The topological polar surface area (TPSA) is 12.0 Å². The van der Waals surface area contributed by atoms with E-state index < -0.39 is 0 Å². The molecule has 1 N–H and O–H groups in total. The summed E-state index contributed by atoms with van der Waals surface area (Å²) in [6.45, 7) is 10.1. The maximum absolute atomic E-state index is 5.63. The fourth-order valence-corrected chi connectivity index (χ4v) is 1.28. The van der Waals surface area contributed by atoms with E-state index in [2.05, 4.69) is 25.7 Å². The van der Waals surface area contributed by atoms with Crippen LogP contribution in [0.4, 0.5) is 0 Å². The number of rotatable bonds is 7. The van der Waals surface area contributed by atoms with Crippen LogP contribution >= 0.6 is 11.6 Å². The minimum Gasteiger partial charge on any atom is -0.313 e. The molecule has 0 amide bonds. The molecule has 0 aliphatic rings. The van der Waals surface area contributed by atoms with E-state index in [-0.39, 0.29) is 0 Å². The van der Waals surface area contributed by atoms with Crippen LogP contribution in [0.15, 0.2) is 12.7 Å². The van der Waals surface area contributed by atoms with Gasteiger partial charge in [-0.1, -0.05) is 19.9 Å². The molecular weight excluding hydrogens is 170 g/mol. The van der Waals surface area contributed by atoms with E-state index in [0.29, 0.717) is 5.41 Å². The molecule has 1 nitrogen and oxygen atoms in total. The first kappa shape index (κ1) is 12.0. The average molecular weight is 190 g/mol. The fourth-order valence-electron chi connectivity index (χ4n) is 1.15. The number of alkyl halides is 1. The van der Waals surface area contributed by atoms with Gasteiger partial charge < -0.3 is 5.32 Å². The summed E-state index contributed by atoms with van der Waals surface area (Å²) in [5.74, 6) is 0.769. The predicted molar refractivity (Wildman–Crippen MR) is 56.8 cm³/mol. The van der Waals surface area contributed by atoms with Crippen LogP contribution in [-0.2, 0) is 0 Å². The third kappa shape index (κ3) is 6.68. The molecule has 0 spiro atoms. The first-order valence-electron chi connectivity index (χ1n) is 4.50. The molecule has 72 valence electrons. The zero-order valence-corrected chi connectivity index (χ0v) is 8.95. The van der Waals surface area contributed by atoms with Gasteiger partial charge in [-0.05, 0) is 18.3 Å². The minimum atomic E-state index is 0.359. The van der Waals surface area contributed by atoms with Crippen molar-refractivity contribution in [2.45, 2.75) is 26.7 Å². The van der Waals surface area contributed by atoms with E-state index in [1.807, 2.05) is 6.08 Å². The molecule has 0 saturated heterocycles. The molecule has 0 aromatic heterocycles. The normalized spacial score (nSPS) is 11.6. The Morgan fingerprint density at radius 3 is 2.67 bits per heavy atom. The fraction of sp³-hybridized carbons (Fsp3) is 0.800. The molecule has 0 unspecified atom stereocenters. The SMILES string of the molecule is C=CCNCC(C)(C)CCCCl. The van der Waals surface area contributed by atoms with Crippen molar-refractivity contribution in [3.05, 3.63) is 12.7 Å². The van der Waals surface area contributed by atoms with Gasteiger partial charge in [-0.2, -0.15) is 0 Å². The molecule has 0 aromatic rings. The average Bonchev–Trinajstić information content (AvgIpc) is 2.01. The van der Waals surface area contributed by atoms with Crippen molar-refractivity contribution in [1.82, 2.24) is 5.32 Å². The summed E-state index contributed by atoms with van der Waals surface area (Å²) in [7, 11) is 0. The van der Waals surface area contributed by atoms with Crippen molar-refractivity contribution in [2.24, 2.45) is 5.41 Å². The van der Waals surface area contributed by atoms with Gasteiger partial charge in [-0.15, -0.1) is 18.2 Å². The lowest BCUT2D eigenvalue weighted by Gasteiger charge is -2.24. The van der Waals surface area contributed by atoms with Crippen LogP contribution in [0.3, 0.4) is 0 Å². The first-order valence-corrected chi connectivity index (χ1v) is 5.03. The van der Waals surface area contributed by atoms with Crippen molar-refractivity contribution in [3.8, 4) is 0 Å². The standard InChI is InChI=1S/C10H20ClN/c1-4-8-12-9-10(2,3)6-5-7-11/h4,12H,1,5-9H2,2-3H3. The summed E-state index contributed by atoms with van der Waals surface area (Å²) in [6.07, 6.45) is 4.17. The summed E-state index contributed by atoms with van der Waals surface area (Å²) in [5, 5.41) is 3.32. The van der Waals surface area contributed by atoms with Crippen LogP contribution in [0.1, 0.15) is 26.7 Å². The maximum atomic E-state index is 5.63. The third-order valence-electron chi connectivity index (χ3n) is 1.88. The zero-order chi connectivity index (χ0) is 9.45. The monoisotopic (exact) mass is 189 g/mol. The Morgan fingerprint density at radius 2 is 2.17 bits per heavy atom. The highest BCUT2D eigenvalue weighted by Crippen LogP contribution is 2.21. The van der Waals surface area contributed by atoms with E-state index in [9.17, 15) is 0 Å². The summed E-state index contributed by atoms with van der Waals surface area (Å²) in [4.78, 5) is 0. The molecule has 0 bridgehead atoms. The van der Waals surface area contributed by atoms with Crippen LogP contribution in [0, 0.1) is 5.41 Å². The van der Waals surface area contributed by atoms with Crippen LogP contribution in [0.5, 0.6) is 0 Å². The van der Waals surface area contributed by atoms with E-state index in [0.717, 1.165) is 25.4 Å². The van der Waals surface area contributed by atoms with Crippen LogP contribution in [0.25, 0.3) is 0 Å². The Kier molecular flexibility index (Phi) is 6.49. The number of hydrogen-bond donors (Lipinski definition) is 1. The zero-order valence-electron chi connectivity index (χ0n) is 8.20. The van der Waals surface area contributed by atoms with Gasteiger partial charge >= 0.3 is 0 Å². The van der Waals surface area contributed by atoms with Crippen molar-refractivity contribution in [2.75, 3.05) is 19.0 Å². The van der Waals surface area contributed by atoms with Gasteiger partial charge in [0.2, 0.25) is 0 Å². The highest BCUT2D eigenvalue weighted by atomic mass is 35.5. The lowest BCUT2D eigenvalue weighted by Crippen LogP contribution is -2.29. The maximum Gasteiger partial charge on any atom is 0.0223 e. The molecule has 2 heteroatoms. The second-order valence-corrected chi connectivity index (χ2v) is 4.25. The molecule has 0 rings (SSSR count). The van der Waals surface area contributed by atoms with E-state index in [4.69, 9.17) is 11.6 Å². The molecule has 12 heavy (non-hydrogen) atoms. The highest BCUT2D eigenvalue weighted by molar-refractivity contribution is 6.17. The van der Waals surface area contributed by atoms with Crippen LogP contribution in [-0.4, -0.2) is 19.0 Å². The Balaban J connectivity index is 3.48. The van der Waals surface area contributed by atoms with Gasteiger partial charge in [0.15, 0.2) is 0 Å². The second kappa shape index (κ2) is 6.50. The Hall–Kier alpha value is -0.0100. The second-order valence-electron chi connectivity index (χ2n) is 3.88. The Bertz CT molecular complexity index is 121. The molecular formula is C10H20ClN. The van der Waals surface area contributed by atoms with Gasteiger partial charge in [0, 0.05) is 19.0 Å². The van der Waals surface area contributed by atoms with E-state index in [1.165, 1.54) is 6.42 Å². The first-order chi connectivity index (χ1) is 5.62. The van der Waals surface area contributed by atoms with E-state index in [1.54, 1.807) is 0 Å². The summed E-state index contributed by atoms with van der Waals surface area (Å²) >= 11 is 5.63. The highest BCUT2D eigenvalue weighted by Gasteiger charge is 2.15.